The molecule has 4 aromatic heterocycles. The summed E-state index contributed by atoms with van der Waals surface area (Å²) in [6, 6.07) is 25.8. The number of hydrogen-bond acceptors (Lipinski definition) is 2. The lowest BCUT2D eigenvalue weighted by atomic mass is 9.90. The zero-order chi connectivity index (χ0) is 26.6. The molecule has 0 fully saturated rings. The number of benzene rings is 2. The Morgan fingerprint density at radius 1 is 0.725 bits per heavy atom. The molecule has 6 aromatic rings. The summed E-state index contributed by atoms with van der Waals surface area (Å²) < 4.78 is 4.75. The van der Waals surface area contributed by atoms with Gasteiger partial charge >= 0.3 is 0 Å². The lowest BCUT2D eigenvalue weighted by Gasteiger charge is -2.20. The van der Waals surface area contributed by atoms with Crippen LogP contribution in [0.25, 0.3) is 45.3 Å². The predicted molar refractivity (Wildman–Crippen MR) is 164 cm³/mol. The van der Waals surface area contributed by atoms with Crippen LogP contribution in [-0.2, 0) is 12.8 Å². The number of hydrogen-bond donors (Lipinski definition) is 0. The van der Waals surface area contributed by atoms with Crippen molar-refractivity contribution >= 4 is 34.0 Å². The molecule has 0 aliphatic heterocycles. The Morgan fingerprint density at radius 3 is 2.02 bits per heavy atom. The quantitative estimate of drug-likeness (QED) is 0.235. The number of fused-ring (bicyclic) bond motifs is 6. The van der Waals surface area contributed by atoms with E-state index >= 15 is 0 Å². The van der Waals surface area contributed by atoms with E-state index < -0.39 is 0 Å². The summed E-state index contributed by atoms with van der Waals surface area (Å²) in [4.78, 5) is 9.76. The topological polar surface area (TPSA) is 35.6 Å². The van der Waals surface area contributed by atoms with Gasteiger partial charge in [0.15, 0.2) is 0 Å². The molecule has 0 radical (unpaired) electrons. The van der Waals surface area contributed by atoms with Gasteiger partial charge in [0, 0.05) is 45.9 Å². The van der Waals surface area contributed by atoms with Gasteiger partial charge in [0.05, 0.1) is 34.8 Å². The Bertz CT molecular complexity index is 1900. The van der Waals surface area contributed by atoms with Crippen LogP contribution in [0.4, 0.5) is 0 Å². The lowest BCUT2D eigenvalue weighted by Crippen LogP contribution is -2.09. The van der Waals surface area contributed by atoms with Crippen molar-refractivity contribution in [3.8, 4) is 11.4 Å². The number of para-hydroxylation sites is 2. The minimum atomic E-state index is 0.496. The normalized spacial score (nSPS) is 16.0. The highest BCUT2D eigenvalue weighted by molar-refractivity contribution is 6.09. The van der Waals surface area contributed by atoms with Gasteiger partial charge in [-0.3, -0.25) is 9.97 Å². The lowest BCUT2D eigenvalue weighted by molar-refractivity contribution is 0.715. The van der Waals surface area contributed by atoms with Crippen LogP contribution in [0.5, 0.6) is 0 Å². The largest absolute Gasteiger partial charge is 0.311 e. The highest BCUT2D eigenvalue weighted by Crippen LogP contribution is 2.40. The molecular formula is C36H30N4. The van der Waals surface area contributed by atoms with Crippen molar-refractivity contribution in [2.24, 2.45) is 0 Å². The van der Waals surface area contributed by atoms with E-state index in [2.05, 4.69) is 113 Å². The Kier molecular flexibility index (Phi) is 5.34. The van der Waals surface area contributed by atoms with Gasteiger partial charge in [-0.25, -0.2) is 0 Å². The van der Waals surface area contributed by atoms with Gasteiger partial charge in [0.25, 0.3) is 0 Å². The summed E-state index contributed by atoms with van der Waals surface area (Å²) in [7, 11) is 0. The number of rotatable bonds is 4. The molecule has 2 aliphatic rings. The smallest absolute Gasteiger partial charge is 0.0645 e. The number of pyridine rings is 2. The second kappa shape index (κ2) is 9.20. The van der Waals surface area contributed by atoms with Crippen LogP contribution in [0, 0.1) is 0 Å². The molecule has 1 unspecified atom stereocenters. The second-order valence-corrected chi connectivity index (χ2v) is 11.0. The highest BCUT2D eigenvalue weighted by Gasteiger charge is 2.27. The van der Waals surface area contributed by atoms with E-state index in [4.69, 9.17) is 9.97 Å². The van der Waals surface area contributed by atoms with E-state index in [-0.39, 0.29) is 0 Å². The summed E-state index contributed by atoms with van der Waals surface area (Å²) >= 11 is 0. The van der Waals surface area contributed by atoms with Gasteiger partial charge in [-0.05, 0) is 72.9 Å². The van der Waals surface area contributed by atoms with Crippen molar-refractivity contribution in [1.82, 2.24) is 19.1 Å². The van der Waals surface area contributed by atoms with Crippen LogP contribution in [-0.4, -0.2) is 19.1 Å². The van der Waals surface area contributed by atoms with Crippen molar-refractivity contribution in [3.05, 3.63) is 131 Å². The summed E-state index contributed by atoms with van der Waals surface area (Å²) in [5, 5.41) is 2.52. The predicted octanol–water partition coefficient (Wildman–Crippen LogP) is 8.44. The van der Waals surface area contributed by atoms with E-state index in [0.29, 0.717) is 12.3 Å². The standard InChI is InChI=1S/C36H30N4/c1-24-9-8-13-32-31-12-4-7-16-35(31)40(36(24)32)28-20-18-26(38-23-28)21-25-17-19-27(22-37-25)39-33-14-5-2-10-29(33)30-11-3-6-15-34(30)39/h2-3,5-8,10-11,13-20,22-24H,4,9,12,21H2,1H3. The maximum absolute atomic E-state index is 4.90. The average Bonchev–Trinajstić information content (AvgIpc) is 3.52. The van der Waals surface area contributed by atoms with Crippen molar-refractivity contribution in [2.75, 3.05) is 0 Å². The molecule has 4 heterocycles. The monoisotopic (exact) mass is 518 g/mol. The van der Waals surface area contributed by atoms with Gasteiger partial charge < -0.3 is 9.13 Å². The van der Waals surface area contributed by atoms with E-state index in [0.717, 1.165) is 42.0 Å². The van der Waals surface area contributed by atoms with Crippen molar-refractivity contribution < 1.29 is 0 Å². The Hall–Kier alpha value is -4.70. The molecule has 40 heavy (non-hydrogen) atoms. The van der Waals surface area contributed by atoms with Crippen LogP contribution < -0.4 is 0 Å². The average molecular weight is 519 g/mol. The van der Waals surface area contributed by atoms with E-state index in [9.17, 15) is 0 Å². The van der Waals surface area contributed by atoms with E-state index in [1.165, 1.54) is 44.3 Å². The highest BCUT2D eigenvalue weighted by atomic mass is 15.0. The SMILES string of the molecule is CC1CC=Cc2c3c(n(-c4ccc(Cc5ccc(-n6c7ccccc7c7ccccc76)cn5)nc4)c21)C=CCC3. The molecule has 0 saturated heterocycles. The maximum Gasteiger partial charge on any atom is 0.0645 e. The van der Waals surface area contributed by atoms with Gasteiger partial charge in [-0.2, -0.15) is 0 Å². The first-order valence-electron chi connectivity index (χ1n) is 14.3. The summed E-state index contributed by atoms with van der Waals surface area (Å²) in [6.07, 6.45) is 17.3. The summed E-state index contributed by atoms with van der Waals surface area (Å²) in [5.74, 6) is 0.496. The molecule has 0 spiro atoms. The number of aromatic nitrogens is 4. The minimum Gasteiger partial charge on any atom is -0.311 e. The van der Waals surface area contributed by atoms with Crippen LogP contribution in [0.3, 0.4) is 0 Å². The third-order valence-corrected chi connectivity index (χ3v) is 8.55. The fourth-order valence-electron chi connectivity index (χ4n) is 6.68. The number of allylic oxidation sites excluding steroid dienone is 2. The molecule has 4 nitrogen and oxygen atoms in total. The van der Waals surface area contributed by atoms with E-state index in [1.54, 1.807) is 0 Å². The van der Waals surface area contributed by atoms with Gasteiger partial charge in [-0.15, -0.1) is 0 Å². The van der Waals surface area contributed by atoms with E-state index in [1.807, 2.05) is 12.4 Å². The summed E-state index contributed by atoms with van der Waals surface area (Å²) in [5.41, 5.74) is 12.3. The first-order valence-corrected chi connectivity index (χ1v) is 14.3. The van der Waals surface area contributed by atoms with Crippen molar-refractivity contribution in [1.29, 1.82) is 0 Å². The molecule has 4 heteroatoms. The second-order valence-electron chi connectivity index (χ2n) is 11.0. The molecule has 194 valence electrons. The van der Waals surface area contributed by atoms with Crippen molar-refractivity contribution in [2.45, 2.75) is 38.5 Å². The van der Waals surface area contributed by atoms with Gasteiger partial charge in [0.2, 0.25) is 0 Å². The first-order chi connectivity index (χ1) is 19.8. The molecule has 0 bridgehead atoms. The zero-order valence-electron chi connectivity index (χ0n) is 22.6. The van der Waals surface area contributed by atoms with Crippen LogP contribution >= 0.6 is 0 Å². The van der Waals surface area contributed by atoms with Crippen LogP contribution in [0.1, 0.15) is 59.6 Å². The van der Waals surface area contributed by atoms with Crippen molar-refractivity contribution in [3.63, 3.8) is 0 Å². The molecule has 0 N–H and O–H groups in total. The molecule has 2 aliphatic carbocycles. The van der Waals surface area contributed by atoms with Gasteiger partial charge in [-0.1, -0.05) is 61.5 Å². The third kappa shape index (κ3) is 3.60. The molecule has 8 rings (SSSR count). The Balaban J connectivity index is 1.10. The fourth-order valence-corrected chi connectivity index (χ4v) is 6.68. The third-order valence-electron chi connectivity index (χ3n) is 8.55. The van der Waals surface area contributed by atoms with Crippen LogP contribution in [0.15, 0.2) is 97.3 Å². The molecule has 1 atom stereocenters. The maximum atomic E-state index is 4.90. The first kappa shape index (κ1) is 23.2. The molecule has 0 amide bonds. The molecule has 2 aromatic carbocycles. The molecular weight excluding hydrogens is 488 g/mol. The van der Waals surface area contributed by atoms with Gasteiger partial charge in [0.1, 0.15) is 0 Å². The molecule has 0 saturated carbocycles. The zero-order valence-corrected chi connectivity index (χ0v) is 22.6. The van der Waals surface area contributed by atoms with Crippen LogP contribution in [0.2, 0.25) is 0 Å². The number of nitrogens with zero attached hydrogens (tertiary/aromatic N) is 4. The Labute approximate surface area is 234 Å². The summed E-state index contributed by atoms with van der Waals surface area (Å²) in [6.45, 7) is 2.34. The minimum absolute atomic E-state index is 0.496. The fraction of sp³-hybridized carbons (Fsp3) is 0.167. The Morgan fingerprint density at radius 2 is 1.38 bits per heavy atom.